The number of benzene rings is 1. The van der Waals surface area contributed by atoms with Gasteiger partial charge in [0.05, 0.1) is 13.3 Å². The Balaban J connectivity index is 1.79. The van der Waals surface area contributed by atoms with Crippen LogP contribution in [0.25, 0.3) is 10.1 Å². The first-order chi connectivity index (χ1) is 12.7. The summed E-state index contributed by atoms with van der Waals surface area (Å²) in [6.45, 7) is 0. The minimum absolute atomic E-state index is 0.0809. The van der Waals surface area contributed by atoms with Crippen LogP contribution in [0.2, 0.25) is 0 Å². The van der Waals surface area contributed by atoms with Crippen LogP contribution in [-0.2, 0) is 0 Å². The Bertz CT molecular complexity index is 1050. The third-order valence-corrected chi connectivity index (χ3v) is 4.63. The van der Waals surface area contributed by atoms with Gasteiger partial charge >= 0.3 is 0 Å². The van der Waals surface area contributed by atoms with Crippen LogP contribution in [0.4, 0.5) is 5.95 Å². The van der Waals surface area contributed by atoms with Crippen molar-refractivity contribution >= 4 is 33.3 Å². The predicted molar refractivity (Wildman–Crippen MR) is 94.8 cm³/mol. The molecule has 130 valence electrons. The quantitative estimate of drug-likeness (QED) is 0.556. The Morgan fingerprint density at radius 3 is 2.92 bits per heavy atom. The summed E-state index contributed by atoms with van der Waals surface area (Å²) in [5.74, 6) is 1.28. The lowest BCUT2D eigenvalue weighted by Crippen LogP contribution is -2.12. The van der Waals surface area contributed by atoms with Gasteiger partial charge in [0.25, 0.3) is 11.9 Å². The number of thiophene rings is 1. The van der Waals surface area contributed by atoms with E-state index >= 15 is 0 Å². The lowest BCUT2D eigenvalue weighted by atomic mass is 10.2. The Kier molecular flexibility index (Phi) is 4.15. The third-order valence-electron chi connectivity index (χ3n) is 3.48. The summed E-state index contributed by atoms with van der Waals surface area (Å²) < 4.78 is 12.1. The maximum absolute atomic E-state index is 12.7. The number of H-pyrrole nitrogens is 1. The number of aromatic amines is 1. The largest absolute Gasteiger partial charge is 0.497 e. The monoisotopic (exact) mass is 368 g/mol. The summed E-state index contributed by atoms with van der Waals surface area (Å²) in [5.41, 5.74) is 0. The van der Waals surface area contributed by atoms with E-state index < -0.39 is 5.91 Å². The number of ether oxygens (including phenoxy) is 2. The molecule has 0 saturated heterocycles. The number of methoxy groups -OCH3 is 1. The highest BCUT2D eigenvalue weighted by molar-refractivity contribution is 7.21. The van der Waals surface area contributed by atoms with Crippen molar-refractivity contribution in [1.82, 2.24) is 25.6 Å². The van der Waals surface area contributed by atoms with Gasteiger partial charge < -0.3 is 9.47 Å². The minimum atomic E-state index is -0.398. The summed E-state index contributed by atoms with van der Waals surface area (Å²) in [4.78, 5) is 17.1. The number of rotatable bonds is 5. The first kappa shape index (κ1) is 16.0. The minimum Gasteiger partial charge on any atom is -0.497 e. The molecule has 26 heavy (non-hydrogen) atoms. The van der Waals surface area contributed by atoms with Crippen molar-refractivity contribution in [3.05, 3.63) is 47.6 Å². The molecule has 0 atom stereocenters. The SMILES string of the molecule is COc1ccc2sc(C(=O)Nc3nn[nH]n3)c(Oc3cccnc3)c2c1. The Morgan fingerprint density at radius 2 is 2.19 bits per heavy atom. The zero-order chi connectivity index (χ0) is 17.9. The number of nitrogens with one attached hydrogen (secondary N) is 2. The first-order valence-electron chi connectivity index (χ1n) is 7.48. The number of carbonyl (C=O) groups excluding carboxylic acids is 1. The molecule has 0 aliphatic heterocycles. The van der Waals surface area contributed by atoms with Gasteiger partial charge in [-0.1, -0.05) is 5.10 Å². The van der Waals surface area contributed by atoms with Crippen molar-refractivity contribution in [1.29, 1.82) is 0 Å². The van der Waals surface area contributed by atoms with Crippen molar-refractivity contribution in [2.24, 2.45) is 0 Å². The fourth-order valence-corrected chi connectivity index (χ4v) is 3.34. The van der Waals surface area contributed by atoms with E-state index in [0.29, 0.717) is 22.1 Å². The van der Waals surface area contributed by atoms with E-state index in [1.54, 1.807) is 31.6 Å². The summed E-state index contributed by atoms with van der Waals surface area (Å²) in [7, 11) is 1.58. The van der Waals surface area contributed by atoms with Gasteiger partial charge in [-0.25, -0.2) is 0 Å². The molecule has 0 bridgehead atoms. The third kappa shape index (κ3) is 3.05. The van der Waals surface area contributed by atoms with Gasteiger partial charge in [0, 0.05) is 16.3 Å². The molecule has 0 saturated carbocycles. The predicted octanol–water partition coefficient (Wildman–Crippen LogP) is 2.86. The molecular weight excluding hydrogens is 356 g/mol. The molecule has 0 unspecified atom stereocenters. The number of anilines is 1. The van der Waals surface area contributed by atoms with Gasteiger partial charge in [0.2, 0.25) is 0 Å². The number of hydrogen-bond acceptors (Lipinski definition) is 8. The zero-order valence-corrected chi connectivity index (χ0v) is 14.3. The summed E-state index contributed by atoms with van der Waals surface area (Å²) in [6, 6.07) is 9.04. The molecule has 4 rings (SSSR count). The topological polar surface area (TPSA) is 115 Å². The molecule has 0 aliphatic rings. The highest BCUT2D eigenvalue weighted by Crippen LogP contribution is 2.41. The van der Waals surface area contributed by atoms with Gasteiger partial charge in [0.15, 0.2) is 5.75 Å². The van der Waals surface area contributed by atoms with Crippen molar-refractivity contribution in [2.45, 2.75) is 0 Å². The lowest BCUT2D eigenvalue weighted by molar-refractivity contribution is 0.102. The molecule has 4 aromatic rings. The van der Waals surface area contributed by atoms with Crippen LogP contribution in [0.15, 0.2) is 42.7 Å². The summed E-state index contributed by atoms with van der Waals surface area (Å²) in [6.07, 6.45) is 3.22. The number of nitrogens with zero attached hydrogens (tertiary/aromatic N) is 4. The van der Waals surface area contributed by atoms with E-state index in [9.17, 15) is 4.79 Å². The molecule has 0 radical (unpaired) electrons. The van der Waals surface area contributed by atoms with Crippen LogP contribution in [0, 0.1) is 0 Å². The average molecular weight is 368 g/mol. The number of hydrogen-bond donors (Lipinski definition) is 2. The van der Waals surface area contributed by atoms with Crippen molar-refractivity contribution in [2.75, 3.05) is 12.4 Å². The molecule has 3 aromatic heterocycles. The molecule has 2 N–H and O–H groups in total. The van der Waals surface area contributed by atoms with E-state index in [-0.39, 0.29) is 5.95 Å². The second-order valence-corrected chi connectivity index (χ2v) is 6.15. The molecule has 1 amide bonds. The average Bonchev–Trinajstić information content (AvgIpc) is 3.30. The zero-order valence-electron chi connectivity index (χ0n) is 13.5. The van der Waals surface area contributed by atoms with Gasteiger partial charge in [0.1, 0.15) is 16.4 Å². The highest BCUT2D eigenvalue weighted by Gasteiger charge is 2.22. The number of carbonyl (C=O) groups is 1. The molecule has 3 heterocycles. The highest BCUT2D eigenvalue weighted by atomic mass is 32.1. The summed E-state index contributed by atoms with van der Waals surface area (Å²) in [5, 5.41) is 16.5. The van der Waals surface area contributed by atoms with Crippen molar-refractivity contribution < 1.29 is 14.3 Å². The van der Waals surface area contributed by atoms with Gasteiger partial charge in [-0.2, -0.15) is 5.21 Å². The van der Waals surface area contributed by atoms with E-state index in [2.05, 4.69) is 30.9 Å². The van der Waals surface area contributed by atoms with Crippen molar-refractivity contribution in [3.8, 4) is 17.2 Å². The van der Waals surface area contributed by atoms with Crippen LogP contribution < -0.4 is 14.8 Å². The van der Waals surface area contributed by atoms with E-state index in [1.807, 2.05) is 18.2 Å². The number of tetrazole rings is 1. The fourth-order valence-electron chi connectivity index (χ4n) is 2.33. The molecule has 1 aromatic carbocycles. The molecule has 9 nitrogen and oxygen atoms in total. The van der Waals surface area contributed by atoms with Crippen LogP contribution in [0.3, 0.4) is 0 Å². The van der Waals surface area contributed by atoms with Crippen LogP contribution in [0.1, 0.15) is 9.67 Å². The number of pyridine rings is 1. The Labute approximate surface area is 151 Å². The lowest BCUT2D eigenvalue weighted by Gasteiger charge is -2.07. The molecule has 10 heteroatoms. The van der Waals surface area contributed by atoms with Crippen molar-refractivity contribution in [3.63, 3.8) is 0 Å². The maximum Gasteiger partial charge on any atom is 0.272 e. The summed E-state index contributed by atoms with van der Waals surface area (Å²) >= 11 is 1.29. The molecule has 0 aliphatic carbocycles. The van der Waals surface area contributed by atoms with Crippen LogP contribution >= 0.6 is 11.3 Å². The Hall–Kier alpha value is -3.53. The van der Waals surface area contributed by atoms with Gasteiger partial charge in [-0.15, -0.1) is 16.4 Å². The van der Waals surface area contributed by atoms with Gasteiger partial charge in [-0.3, -0.25) is 15.1 Å². The van der Waals surface area contributed by atoms with Crippen LogP contribution in [0.5, 0.6) is 17.2 Å². The second kappa shape index (κ2) is 6.76. The normalized spacial score (nSPS) is 10.7. The fraction of sp³-hybridized carbons (Fsp3) is 0.0625. The van der Waals surface area contributed by atoms with E-state index in [4.69, 9.17) is 9.47 Å². The van der Waals surface area contributed by atoms with E-state index in [0.717, 1.165) is 10.1 Å². The number of fused-ring (bicyclic) bond motifs is 1. The number of aromatic nitrogens is 5. The Morgan fingerprint density at radius 1 is 1.27 bits per heavy atom. The molecule has 0 fully saturated rings. The van der Waals surface area contributed by atoms with Gasteiger partial charge in [-0.05, 0) is 35.5 Å². The maximum atomic E-state index is 12.7. The molecule has 0 spiro atoms. The standard InChI is InChI=1S/C16H12N6O3S/c1-24-9-4-5-12-11(7-9)13(25-10-3-2-6-17-8-10)14(26-12)15(23)18-16-19-21-22-20-16/h2-8H,1H3,(H2,18,19,20,21,22,23). The first-order valence-corrected chi connectivity index (χ1v) is 8.29. The smallest absolute Gasteiger partial charge is 0.272 e. The van der Waals surface area contributed by atoms with E-state index in [1.165, 1.54) is 11.3 Å². The number of amides is 1. The molecular formula is C16H12N6O3S. The second-order valence-electron chi connectivity index (χ2n) is 5.10. The van der Waals surface area contributed by atoms with Crippen LogP contribution in [-0.4, -0.2) is 38.6 Å².